The number of rotatable bonds is 3. The van der Waals surface area contributed by atoms with Crippen molar-refractivity contribution >= 4 is 10.9 Å². The van der Waals surface area contributed by atoms with Crippen molar-refractivity contribution < 1.29 is 14.2 Å². The standard InChI is InChI=1S/C20H26N2O3/c1-23-18-11-14-10-15-13-22(16-6-4-3-5-7-16)8-9-25-20(15)21-17(14)12-19(18)24-2/h10-12,16H,3-9,13H2,1-2H3. The molecule has 0 radical (unpaired) electrons. The van der Waals surface area contributed by atoms with Gasteiger partial charge >= 0.3 is 0 Å². The molecule has 2 heterocycles. The molecule has 0 saturated heterocycles. The molecule has 1 saturated carbocycles. The van der Waals surface area contributed by atoms with Gasteiger partial charge in [0, 0.05) is 36.1 Å². The van der Waals surface area contributed by atoms with Crippen LogP contribution < -0.4 is 14.2 Å². The second-order valence-corrected chi connectivity index (χ2v) is 6.96. The zero-order chi connectivity index (χ0) is 17.2. The molecule has 1 aromatic heterocycles. The van der Waals surface area contributed by atoms with Crippen molar-refractivity contribution in [3.05, 3.63) is 23.8 Å². The largest absolute Gasteiger partial charge is 0.493 e. The van der Waals surface area contributed by atoms with Gasteiger partial charge in [-0.05, 0) is 25.0 Å². The number of benzene rings is 1. The molecule has 0 unspecified atom stereocenters. The first kappa shape index (κ1) is 16.5. The summed E-state index contributed by atoms with van der Waals surface area (Å²) in [5.74, 6) is 2.19. The highest BCUT2D eigenvalue weighted by molar-refractivity contribution is 5.84. The van der Waals surface area contributed by atoms with Gasteiger partial charge in [0.2, 0.25) is 5.88 Å². The third kappa shape index (κ3) is 3.25. The van der Waals surface area contributed by atoms with E-state index in [1.807, 2.05) is 12.1 Å². The van der Waals surface area contributed by atoms with Crippen molar-refractivity contribution in [2.45, 2.75) is 44.7 Å². The van der Waals surface area contributed by atoms with Gasteiger partial charge in [-0.25, -0.2) is 4.98 Å². The molecule has 4 rings (SSSR count). The smallest absolute Gasteiger partial charge is 0.218 e. The average Bonchev–Trinajstić information content (AvgIpc) is 2.87. The van der Waals surface area contributed by atoms with Gasteiger partial charge in [0.05, 0.1) is 19.7 Å². The van der Waals surface area contributed by atoms with Gasteiger partial charge in [-0.2, -0.15) is 0 Å². The molecule has 0 amide bonds. The van der Waals surface area contributed by atoms with Crippen LogP contribution in [-0.4, -0.2) is 43.3 Å². The average molecular weight is 342 g/mol. The van der Waals surface area contributed by atoms with Crippen LogP contribution in [0.2, 0.25) is 0 Å². The van der Waals surface area contributed by atoms with Crippen LogP contribution in [-0.2, 0) is 6.54 Å². The summed E-state index contributed by atoms with van der Waals surface area (Å²) in [5.41, 5.74) is 2.05. The Bertz CT molecular complexity index is 756. The van der Waals surface area contributed by atoms with Crippen LogP contribution in [0, 0.1) is 0 Å². The normalized spacial score (nSPS) is 19.1. The Morgan fingerprint density at radius 2 is 1.80 bits per heavy atom. The summed E-state index contributed by atoms with van der Waals surface area (Å²) >= 11 is 0. The molecule has 0 bridgehead atoms. The zero-order valence-corrected chi connectivity index (χ0v) is 15.1. The Hall–Kier alpha value is -2.01. The number of methoxy groups -OCH3 is 2. The molecule has 2 aromatic rings. The van der Waals surface area contributed by atoms with Crippen molar-refractivity contribution in [3.8, 4) is 17.4 Å². The minimum atomic E-state index is 0.685. The summed E-state index contributed by atoms with van der Waals surface area (Å²) in [7, 11) is 3.31. The fraction of sp³-hybridized carbons (Fsp3) is 0.550. The van der Waals surface area contributed by atoms with Crippen LogP contribution in [0.5, 0.6) is 17.4 Å². The number of nitrogens with zero attached hydrogens (tertiary/aromatic N) is 2. The lowest BCUT2D eigenvalue weighted by molar-refractivity contribution is 0.136. The van der Waals surface area contributed by atoms with E-state index in [0.717, 1.165) is 35.6 Å². The fourth-order valence-electron chi connectivity index (χ4n) is 4.08. The lowest BCUT2D eigenvalue weighted by Gasteiger charge is -2.32. The Labute approximate surface area is 148 Å². The minimum Gasteiger partial charge on any atom is -0.493 e. The van der Waals surface area contributed by atoms with Crippen LogP contribution >= 0.6 is 0 Å². The quantitative estimate of drug-likeness (QED) is 0.849. The summed E-state index contributed by atoms with van der Waals surface area (Å²) in [6.07, 6.45) is 6.69. The number of fused-ring (bicyclic) bond motifs is 2. The summed E-state index contributed by atoms with van der Waals surface area (Å²) in [6.45, 7) is 2.59. The molecule has 1 aliphatic carbocycles. The van der Waals surface area contributed by atoms with Crippen LogP contribution in [0.15, 0.2) is 18.2 Å². The van der Waals surface area contributed by atoms with E-state index < -0.39 is 0 Å². The predicted octanol–water partition coefficient (Wildman–Crippen LogP) is 3.78. The van der Waals surface area contributed by atoms with Gasteiger partial charge in [0.1, 0.15) is 6.61 Å². The molecule has 0 N–H and O–H groups in total. The summed E-state index contributed by atoms with van der Waals surface area (Å²) in [5, 5.41) is 1.06. The van der Waals surface area contributed by atoms with E-state index in [1.165, 1.54) is 37.7 Å². The molecule has 1 aromatic carbocycles. The molecule has 0 spiro atoms. The second-order valence-electron chi connectivity index (χ2n) is 6.96. The van der Waals surface area contributed by atoms with Crippen LogP contribution in [0.4, 0.5) is 0 Å². The predicted molar refractivity (Wildman–Crippen MR) is 97.6 cm³/mol. The minimum absolute atomic E-state index is 0.685. The lowest BCUT2D eigenvalue weighted by Crippen LogP contribution is -2.37. The molecule has 25 heavy (non-hydrogen) atoms. The van der Waals surface area contributed by atoms with Crippen molar-refractivity contribution in [2.24, 2.45) is 0 Å². The Balaban J connectivity index is 1.69. The summed E-state index contributed by atoms with van der Waals surface area (Å²) < 4.78 is 16.8. The Kier molecular flexibility index (Phi) is 4.66. The van der Waals surface area contributed by atoms with E-state index in [9.17, 15) is 0 Å². The van der Waals surface area contributed by atoms with Gasteiger partial charge in [-0.1, -0.05) is 19.3 Å². The monoisotopic (exact) mass is 342 g/mol. The van der Waals surface area contributed by atoms with E-state index in [-0.39, 0.29) is 0 Å². The molecule has 5 heteroatoms. The van der Waals surface area contributed by atoms with E-state index in [0.29, 0.717) is 18.4 Å². The van der Waals surface area contributed by atoms with Crippen molar-refractivity contribution in [1.29, 1.82) is 0 Å². The molecular weight excluding hydrogens is 316 g/mol. The first-order valence-electron chi connectivity index (χ1n) is 9.21. The van der Waals surface area contributed by atoms with Crippen LogP contribution in [0.25, 0.3) is 10.9 Å². The second kappa shape index (κ2) is 7.08. The maximum atomic E-state index is 5.98. The highest BCUT2D eigenvalue weighted by atomic mass is 16.5. The van der Waals surface area contributed by atoms with Crippen LogP contribution in [0.1, 0.15) is 37.7 Å². The number of hydrogen-bond acceptors (Lipinski definition) is 5. The maximum absolute atomic E-state index is 5.98. The number of ether oxygens (including phenoxy) is 3. The van der Waals surface area contributed by atoms with Crippen LogP contribution in [0.3, 0.4) is 0 Å². The molecule has 2 aliphatic rings. The Morgan fingerprint density at radius 1 is 1.04 bits per heavy atom. The maximum Gasteiger partial charge on any atom is 0.218 e. The van der Waals surface area contributed by atoms with E-state index in [2.05, 4.69) is 11.0 Å². The highest BCUT2D eigenvalue weighted by Gasteiger charge is 2.25. The lowest BCUT2D eigenvalue weighted by atomic mass is 9.94. The third-order valence-corrected chi connectivity index (χ3v) is 5.44. The SMILES string of the molecule is COc1cc2cc3c(nc2cc1OC)OCCN(C1CCCCC1)C3. The van der Waals surface area contributed by atoms with Crippen molar-refractivity contribution in [2.75, 3.05) is 27.4 Å². The third-order valence-electron chi connectivity index (χ3n) is 5.44. The number of pyridine rings is 1. The van der Waals surface area contributed by atoms with Gasteiger partial charge in [-0.15, -0.1) is 0 Å². The number of aromatic nitrogens is 1. The van der Waals surface area contributed by atoms with E-state index in [1.54, 1.807) is 14.2 Å². The molecule has 134 valence electrons. The van der Waals surface area contributed by atoms with Gasteiger partial charge in [-0.3, -0.25) is 4.90 Å². The van der Waals surface area contributed by atoms with Gasteiger partial charge in [0.15, 0.2) is 11.5 Å². The zero-order valence-electron chi connectivity index (χ0n) is 15.1. The molecule has 1 fully saturated rings. The fourth-order valence-corrected chi connectivity index (χ4v) is 4.08. The summed E-state index contributed by atoms with van der Waals surface area (Å²) in [4.78, 5) is 7.34. The summed E-state index contributed by atoms with van der Waals surface area (Å²) in [6, 6.07) is 6.80. The van der Waals surface area contributed by atoms with E-state index >= 15 is 0 Å². The van der Waals surface area contributed by atoms with Gasteiger partial charge in [0.25, 0.3) is 0 Å². The van der Waals surface area contributed by atoms with Crippen molar-refractivity contribution in [3.63, 3.8) is 0 Å². The topological polar surface area (TPSA) is 43.8 Å². The van der Waals surface area contributed by atoms with Gasteiger partial charge < -0.3 is 14.2 Å². The first-order chi connectivity index (χ1) is 12.3. The molecular formula is C20H26N2O3. The van der Waals surface area contributed by atoms with Crippen molar-refractivity contribution in [1.82, 2.24) is 9.88 Å². The highest BCUT2D eigenvalue weighted by Crippen LogP contribution is 2.35. The van der Waals surface area contributed by atoms with E-state index in [4.69, 9.17) is 19.2 Å². The molecule has 1 aliphatic heterocycles. The first-order valence-corrected chi connectivity index (χ1v) is 9.21. The number of hydrogen-bond donors (Lipinski definition) is 0. The molecule has 0 atom stereocenters. The molecule has 5 nitrogen and oxygen atoms in total. The Morgan fingerprint density at radius 3 is 2.56 bits per heavy atom.